The Morgan fingerprint density at radius 1 is 0.750 bits per heavy atom. The van der Waals surface area contributed by atoms with Crippen LogP contribution in [0.2, 0.25) is 0 Å². The van der Waals surface area contributed by atoms with Crippen LogP contribution in [0.25, 0.3) is 0 Å². The summed E-state index contributed by atoms with van der Waals surface area (Å²) in [6.45, 7) is 3.24. The minimum Gasteiger partial charge on any atom is -0.378 e. The van der Waals surface area contributed by atoms with Crippen molar-refractivity contribution in [3.05, 3.63) is 23.8 Å². The highest BCUT2D eigenvalue weighted by atomic mass is 16.5. The first-order valence-corrected chi connectivity index (χ1v) is 12.3. The lowest BCUT2D eigenvalue weighted by Crippen LogP contribution is -2.21. The first-order valence-electron chi connectivity index (χ1n) is 12.3. The number of hydrogen-bond acceptors (Lipinski definition) is 3. The third kappa shape index (κ3) is 7.13. The second-order valence-corrected chi connectivity index (χ2v) is 9.18. The summed E-state index contributed by atoms with van der Waals surface area (Å²) in [5.74, 6) is 2.34. The zero-order valence-electron chi connectivity index (χ0n) is 18.2. The van der Waals surface area contributed by atoms with Gasteiger partial charge in [0.1, 0.15) is 5.82 Å². The molecule has 0 aliphatic heterocycles. The molecule has 1 aromatic rings. The van der Waals surface area contributed by atoms with Crippen LogP contribution in [0, 0.1) is 0 Å². The number of unbranched alkanes of at least 4 members (excludes halogenated alkanes) is 6. The van der Waals surface area contributed by atoms with E-state index >= 15 is 0 Å². The van der Waals surface area contributed by atoms with Crippen LogP contribution in [0.4, 0.5) is 0 Å². The van der Waals surface area contributed by atoms with Crippen LogP contribution in [-0.4, -0.2) is 22.7 Å². The normalized spacial score (nSPS) is 23.8. The molecular weight excluding hydrogens is 344 g/mol. The lowest BCUT2D eigenvalue weighted by atomic mass is 9.83. The van der Waals surface area contributed by atoms with E-state index in [1.165, 1.54) is 108 Å². The number of rotatable bonds is 11. The van der Waals surface area contributed by atoms with E-state index in [0.29, 0.717) is 17.9 Å². The van der Waals surface area contributed by atoms with Crippen molar-refractivity contribution in [1.82, 2.24) is 9.97 Å². The van der Waals surface area contributed by atoms with Gasteiger partial charge in [0.15, 0.2) is 0 Å². The van der Waals surface area contributed by atoms with Crippen molar-refractivity contribution in [3.8, 4) is 0 Å². The molecule has 0 amide bonds. The molecule has 2 aliphatic carbocycles. The molecule has 3 heteroatoms. The predicted molar refractivity (Wildman–Crippen MR) is 117 cm³/mol. The monoisotopic (exact) mass is 386 g/mol. The minimum atomic E-state index is 0.485. The Balaban J connectivity index is 1.29. The Bertz CT molecular complexity index is 516. The largest absolute Gasteiger partial charge is 0.378 e. The van der Waals surface area contributed by atoms with Gasteiger partial charge in [-0.3, -0.25) is 0 Å². The number of ether oxygens (including phenoxy) is 1. The lowest BCUT2D eigenvalue weighted by Gasteiger charge is -2.29. The Kier molecular flexibility index (Phi) is 9.76. The zero-order valence-corrected chi connectivity index (χ0v) is 18.2. The summed E-state index contributed by atoms with van der Waals surface area (Å²) >= 11 is 0. The highest BCUT2D eigenvalue weighted by Crippen LogP contribution is 2.35. The maximum Gasteiger partial charge on any atom is 0.131 e. The Hall–Kier alpha value is -0.960. The molecule has 0 aromatic carbocycles. The van der Waals surface area contributed by atoms with Crippen LogP contribution in [0.15, 0.2) is 12.4 Å². The molecule has 1 heterocycles. The summed E-state index contributed by atoms with van der Waals surface area (Å²) in [4.78, 5) is 9.50. The van der Waals surface area contributed by atoms with Gasteiger partial charge in [0, 0.05) is 24.9 Å². The van der Waals surface area contributed by atoms with E-state index in [-0.39, 0.29) is 0 Å². The summed E-state index contributed by atoms with van der Waals surface area (Å²) in [6, 6.07) is 0. The molecule has 2 saturated carbocycles. The molecule has 2 fully saturated rings. The van der Waals surface area contributed by atoms with Crippen LogP contribution in [-0.2, 0) is 4.74 Å². The van der Waals surface area contributed by atoms with E-state index in [1.54, 1.807) is 0 Å². The quantitative estimate of drug-likeness (QED) is 0.374. The molecule has 0 bridgehead atoms. The number of hydrogen-bond donors (Lipinski definition) is 0. The van der Waals surface area contributed by atoms with Gasteiger partial charge in [-0.2, -0.15) is 0 Å². The second-order valence-electron chi connectivity index (χ2n) is 9.18. The van der Waals surface area contributed by atoms with Crippen LogP contribution >= 0.6 is 0 Å². The van der Waals surface area contributed by atoms with E-state index in [2.05, 4.69) is 19.3 Å². The molecule has 3 rings (SSSR count). The van der Waals surface area contributed by atoms with Gasteiger partial charge < -0.3 is 4.74 Å². The van der Waals surface area contributed by atoms with E-state index in [1.807, 2.05) is 0 Å². The standard InChI is InChI=1S/C25H42N2O/c1-2-3-4-5-6-7-11-18-28-24-16-14-21(15-17-24)23-19-26-25(27-20-23)22-12-9-8-10-13-22/h19-22,24H,2-18H2,1H3/t21-,24-. The molecule has 0 N–H and O–H groups in total. The summed E-state index contributed by atoms with van der Waals surface area (Å²) in [7, 11) is 0. The summed E-state index contributed by atoms with van der Waals surface area (Å²) in [6.07, 6.45) is 25.7. The fourth-order valence-corrected chi connectivity index (χ4v) is 5.00. The molecule has 3 nitrogen and oxygen atoms in total. The number of nitrogens with zero attached hydrogens (tertiary/aromatic N) is 2. The van der Waals surface area contributed by atoms with Crippen molar-refractivity contribution in [1.29, 1.82) is 0 Å². The van der Waals surface area contributed by atoms with Gasteiger partial charge in [0.05, 0.1) is 6.10 Å². The maximum absolute atomic E-state index is 6.16. The van der Waals surface area contributed by atoms with Crippen LogP contribution in [0.3, 0.4) is 0 Å². The van der Waals surface area contributed by atoms with Gasteiger partial charge in [0.2, 0.25) is 0 Å². The van der Waals surface area contributed by atoms with E-state index in [4.69, 9.17) is 14.7 Å². The summed E-state index contributed by atoms with van der Waals surface area (Å²) in [5, 5.41) is 0. The fourth-order valence-electron chi connectivity index (χ4n) is 5.00. The SMILES string of the molecule is CCCCCCCCCO[C@H]1CC[C@H](c2cnc(C3CCCCC3)nc2)CC1. The molecule has 0 radical (unpaired) electrons. The minimum absolute atomic E-state index is 0.485. The Labute approximate surface area is 173 Å². The smallest absolute Gasteiger partial charge is 0.131 e. The lowest BCUT2D eigenvalue weighted by molar-refractivity contribution is 0.0225. The second kappa shape index (κ2) is 12.6. The third-order valence-corrected chi connectivity index (χ3v) is 6.91. The van der Waals surface area contributed by atoms with Gasteiger partial charge in [-0.05, 0) is 56.4 Å². The highest BCUT2D eigenvalue weighted by Gasteiger charge is 2.24. The van der Waals surface area contributed by atoms with Gasteiger partial charge in [0.25, 0.3) is 0 Å². The topological polar surface area (TPSA) is 35.0 Å². The molecule has 28 heavy (non-hydrogen) atoms. The maximum atomic E-state index is 6.16. The van der Waals surface area contributed by atoms with E-state index in [0.717, 1.165) is 12.4 Å². The van der Waals surface area contributed by atoms with Gasteiger partial charge in [-0.1, -0.05) is 64.7 Å². The molecule has 0 atom stereocenters. The van der Waals surface area contributed by atoms with Crippen molar-refractivity contribution < 1.29 is 4.74 Å². The molecule has 0 spiro atoms. The summed E-state index contributed by atoms with van der Waals surface area (Å²) < 4.78 is 6.16. The molecule has 1 aromatic heterocycles. The van der Waals surface area contributed by atoms with Gasteiger partial charge >= 0.3 is 0 Å². The molecule has 0 unspecified atom stereocenters. The van der Waals surface area contributed by atoms with Crippen molar-refractivity contribution in [2.75, 3.05) is 6.61 Å². The highest BCUT2D eigenvalue weighted by molar-refractivity contribution is 5.14. The Morgan fingerprint density at radius 2 is 1.39 bits per heavy atom. The number of aromatic nitrogens is 2. The molecule has 0 saturated heterocycles. The summed E-state index contributed by atoms with van der Waals surface area (Å²) in [5.41, 5.74) is 1.35. The van der Waals surface area contributed by atoms with Crippen LogP contribution in [0.5, 0.6) is 0 Å². The predicted octanol–water partition coefficient (Wildman–Crippen LogP) is 7.32. The van der Waals surface area contributed by atoms with Crippen molar-refractivity contribution >= 4 is 0 Å². The van der Waals surface area contributed by atoms with Crippen molar-refractivity contribution in [2.45, 2.75) is 128 Å². The van der Waals surface area contributed by atoms with E-state index < -0.39 is 0 Å². The average Bonchev–Trinajstić information content (AvgIpc) is 2.77. The Morgan fingerprint density at radius 3 is 2.07 bits per heavy atom. The molecular formula is C25H42N2O. The molecule has 2 aliphatic rings. The third-order valence-electron chi connectivity index (χ3n) is 6.91. The average molecular weight is 387 g/mol. The fraction of sp³-hybridized carbons (Fsp3) is 0.840. The van der Waals surface area contributed by atoms with Gasteiger partial charge in [-0.15, -0.1) is 0 Å². The van der Waals surface area contributed by atoms with Gasteiger partial charge in [-0.25, -0.2) is 9.97 Å². The van der Waals surface area contributed by atoms with Crippen molar-refractivity contribution in [3.63, 3.8) is 0 Å². The van der Waals surface area contributed by atoms with Crippen LogP contribution in [0.1, 0.15) is 133 Å². The first-order chi connectivity index (χ1) is 13.9. The van der Waals surface area contributed by atoms with Crippen LogP contribution < -0.4 is 0 Å². The zero-order chi connectivity index (χ0) is 19.4. The van der Waals surface area contributed by atoms with E-state index in [9.17, 15) is 0 Å². The molecule has 158 valence electrons. The first kappa shape index (κ1) is 21.7. The van der Waals surface area contributed by atoms with Crippen molar-refractivity contribution in [2.24, 2.45) is 0 Å².